The van der Waals surface area contributed by atoms with Crippen molar-refractivity contribution in [3.05, 3.63) is 30.1 Å². The van der Waals surface area contributed by atoms with Crippen LogP contribution < -0.4 is 0 Å². The van der Waals surface area contributed by atoms with Crippen LogP contribution in [0.2, 0.25) is 0 Å². The zero-order valence-electron chi connectivity index (χ0n) is 7.25. The van der Waals surface area contributed by atoms with Crippen molar-refractivity contribution in [2.45, 2.75) is 6.42 Å². The number of hydrogen-bond donors (Lipinski definition) is 2. The first-order valence-corrected chi connectivity index (χ1v) is 3.96. The quantitative estimate of drug-likeness (QED) is 0.679. The summed E-state index contributed by atoms with van der Waals surface area (Å²) >= 11 is 0. The molecule has 0 aliphatic rings. The molecule has 0 aromatic carbocycles. The number of carbonyl (C=O) groups is 2. The Balaban J connectivity index is 2.75. The summed E-state index contributed by atoms with van der Waals surface area (Å²) in [5, 5.41) is 17.2. The first-order chi connectivity index (χ1) is 6.61. The average molecular weight is 195 g/mol. The molecular formula is C9H9NO4. The van der Waals surface area contributed by atoms with Gasteiger partial charge in [-0.25, -0.2) is 0 Å². The normalized spacial score (nSPS) is 10.1. The van der Waals surface area contributed by atoms with E-state index in [0.29, 0.717) is 5.56 Å². The minimum Gasteiger partial charge on any atom is -0.481 e. The lowest BCUT2D eigenvalue weighted by Gasteiger charge is -2.05. The van der Waals surface area contributed by atoms with Crippen LogP contribution in [0.25, 0.3) is 0 Å². The Morgan fingerprint density at radius 3 is 2.43 bits per heavy atom. The van der Waals surface area contributed by atoms with Gasteiger partial charge in [0.05, 0.1) is 0 Å². The fourth-order valence-corrected chi connectivity index (χ4v) is 1.03. The summed E-state index contributed by atoms with van der Waals surface area (Å²) in [7, 11) is 0. The second kappa shape index (κ2) is 4.36. The monoisotopic (exact) mass is 195 g/mol. The van der Waals surface area contributed by atoms with Gasteiger partial charge >= 0.3 is 11.9 Å². The highest BCUT2D eigenvalue weighted by Crippen LogP contribution is 2.08. The third-order valence-corrected chi connectivity index (χ3v) is 1.76. The molecule has 0 fully saturated rings. The summed E-state index contributed by atoms with van der Waals surface area (Å²) < 4.78 is 0. The molecule has 74 valence electrons. The highest BCUT2D eigenvalue weighted by atomic mass is 16.4. The van der Waals surface area contributed by atoms with Crippen molar-refractivity contribution >= 4 is 11.9 Å². The molecule has 0 saturated carbocycles. The Kier molecular flexibility index (Phi) is 3.17. The van der Waals surface area contributed by atoms with Gasteiger partial charge in [-0.3, -0.25) is 14.6 Å². The first-order valence-electron chi connectivity index (χ1n) is 3.96. The summed E-state index contributed by atoms with van der Waals surface area (Å²) in [4.78, 5) is 24.9. The van der Waals surface area contributed by atoms with Gasteiger partial charge in [0.1, 0.15) is 0 Å². The van der Waals surface area contributed by atoms with Gasteiger partial charge in [-0.15, -0.1) is 0 Å². The molecule has 0 radical (unpaired) electrons. The highest BCUT2D eigenvalue weighted by molar-refractivity contribution is 5.93. The first kappa shape index (κ1) is 10.2. The van der Waals surface area contributed by atoms with Crippen molar-refractivity contribution < 1.29 is 19.8 Å². The molecule has 1 aromatic heterocycles. The molecule has 0 atom stereocenters. The SMILES string of the molecule is O=C(O)C(Cc1cccnc1)C(=O)O. The maximum Gasteiger partial charge on any atom is 0.318 e. The molecule has 14 heavy (non-hydrogen) atoms. The Hall–Kier alpha value is -1.91. The molecular weight excluding hydrogens is 186 g/mol. The third-order valence-electron chi connectivity index (χ3n) is 1.76. The van der Waals surface area contributed by atoms with Crippen LogP contribution in [0.1, 0.15) is 5.56 Å². The summed E-state index contributed by atoms with van der Waals surface area (Å²) in [6, 6.07) is 3.28. The minimum absolute atomic E-state index is 0.0431. The second-order valence-corrected chi connectivity index (χ2v) is 2.79. The number of aliphatic carboxylic acids is 2. The van der Waals surface area contributed by atoms with Gasteiger partial charge in [-0.05, 0) is 18.1 Å². The van der Waals surface area contributed by atoms with Crippen LogP contribution in [0.3, 0.4) is 0 Å². The molecule has 5 nitrogen and oxygen atoms in total. The van der Waals surface area contributed by atoms with Crippen LogP contribution in [0.15, 0.2) is 24.5 Å². The summed E-state index contributed by atoms with van der Waals surface area (Å²) in [5.41, 5.74) is 0.599. The molecule has 0 bridgehead atoms. The summed E-state index contributed by atoms with van der Waals surface area (Å²) in [6.07, 6.45) is 2.96. The molecule has 0 aliphatic carbocycles. The lowest BCUT2D eigenvalue weighted by molar-refractivity contribution is -0.154. The molecule has 1 heterocycles. The predicted molar refractivity (Wildman–Crippen MR) is 46.7 cm³/mol. The van der Waals surface area contributed by atoms with E-state index in [1.54, 1.807) is 18.3 Å². The van der Waals surface area contributed by atoms with E-state index in [0.717, 1.165) is 0 Å². The average Bonchev–Trinajstić information content (AvgIpc) is 2.15. The van der Waals surface area contributed by atoms with Gasteiger partial charge in [0.25, 0.3) is 0 Å². The number of carboxylic acid groups (broad SMARTS) is 2. The molecule has 0 spiro atoms. The molecule has 2 N–H and O–H groups in total. The van der Waals surface area contributed by atoms with Crippen molar-refractivity contribution in [1.82, 2.24) is 4.98 Å². The topological polar surface area (TPSA) is 87.5 Å². The lowest BCUT2D eigenvalue weighted by atomic mass is 10.0. The van der Waals surface area contributed by atoms with Crippen LogP contribution in [-0.4, -0.2) is 27.1 Å². The molecule has 5 heteroatoms. The number of carboxylic acids is 2. The smallest absolute Gasteiger partial charge is 0.318 e. The number of rotatable bonds is 4. The zero-order chi connectivity index (χ0) is 10.6. The van der Waals surface area contributed by atoms with Crippen LogP contribution in [0.4, 0.5) is 0 Å². The van der Waals surface area contributed by atoms with E-state index in [-0.39, 0.29) is 6.42 Å². The van der Waals surface area contributed by atoms with Gasteiger partial charge in [0.15, 0.2) is 5.92 Å². The predicted octanol–water partition coefficient (Wildman–Crippen LogP) is 0.410. The maximum atomic E-state index is 10.5. The number of nitrogens with zero attached hydrogens (tertiary/aromatic N) is 1. The molecule has 1 aromatic rings. The van der Waals surface area contributed by atoms with Gasteiger partial charge < -0.3 is 10.2 Å². The molecule has 0 amide bonds. The van der Waals surface area contributed by atoms with Crippen LogP contribution in [-0.2, 0) is 16.0 Å². The van der Waals surface area contributed by atoms with Gasteiger partial charge in [0.2, 0.25) is 0 Å². The van der Waals surface area contributed by atoms with E-state index in [1.165, 1.54) is 6.20 Å². The Labute approximate surface area is 80.0 Å². The minimum atomic E-state index is -1.40. The summed E-state index contributed by atoms with van der Waals surface area (Å²) in [5.74, 6) is -4.07. The number of pyridine rings is 1. The van der Waals surface area contributed by atoms with E-state index in [9.17, 15) is 9.59 Å². The van der Waals surface area contributed by atoms with E-state index < -0.39 is 17.9 Å². The number of hydrogen-bond acceptors (Lipinski definition) is 3. The van der Waals surface area contributed by atoms with Crippen molar-refractivity contribution in [2.24, 2.45) is 5.92 Å². The van der Waals surface area contributed by atoms with Crippen molar-refractivity contribution in [3.8, 4) is 0 Å². The fraction of sp³-hybridized carbons (Fsp3) is 0.222. The Morgan fingerprint density at radius 2 is 2.00 bits per heavy atom. The van der Waals surface area contributed by atoms with Gasteiger partial charge in [-0.2, -0.15) is 0 Å². The largest absolute Gasteiger partial charge is 0.481 e. The fourth-order valence-electron chi connectivity index (χ4n) is 1.03. The molecule has 0 aliphatic heterocycles. The van der Waals surface area contributed by atoms with Gasteiger partial charge in [0, 0.05) is 12.4 Å². The Morgan fingerprint density at radius 1 is 1.36 bits per heavy atom. The van der Waals surface area contributed by atoms with Crippen molar-refractivity contribution in [1.29, 1.82) is 0 Å². The van der Waals surface area contributed by atoms with E-state index in [4.69, 9.17) is 10.2 Å². The van der Waals surface area contributed by atoms with Crippen molar-refractivity contribution in [3.63, 3.8) is 0 Å². The van der Waals surface area contributed by atoms with Crippen LogP contribution in [0, 0.1) is 5.92 Å². The van der Waals surface area contributed by atoms with E-state index in [1.807, 2.05) is 0 Å². The molecule has 0 saturated heterocycles. The van der Waals surface area contributed by atoms with Crippen LogP contribution >= 0.6 is 0 Å². The molecule has 1 rings (SSSR count). The van der Waals surface area contributed by atoms with Gasteiger partial charge in [-0.1, -0.05) is 6.07 Å². The second-order valence-electron chi connectivity index (χ2n) is 2.79. The standard InChI is InChI=1S/C9H9NO4/c11-8(12)7(9(13)14)4-6-2-1-3-10-5-6/h1-3,5,7H,4H2,(H,11,12)(H,13,14). The summed E-state index contributed by atoms with van der Waals surface area (Å²) in [6.45, 7) is 0. The number of aromatic nitrogens is 1. The third kappa shape index (κ3) is 2.55. The van der Waals surface area contributed by atoms with E-state index in [2.05, 4.69) is 4.98 Å². The van der Waals surface area contributed by atoms with Crippen LogP contribution in [0.5, 0.6) is 0 Å². The Bertz CT molecular complexity index is 322. The molecule has 0 unspecified atom stereocenters. The van der Waals surface area contributed by atoms with E-state index >= 15 is 0 Å². The maximum absolute atomic E-state index is 10.5. The highest BCUT2D eigenvalue weighted by Gasteiger charge is 2.25. The lowest BCUT2D eigenvalue weighted by Crippen LogP contribution is -2.25. The van der Waals surface area contributed by atoms with Crippen molar-refractivity contribution in [2.75, 3.05) is 0 Å². The zero-order valence-corrected chi connectivity index (χ0v) is 7.25.